The van der Waals surface area contributed by atoms with Crippen LogP contribution in [-0.2, 0) is 25.7 Å². The molecule has 5 heteroatoms. The van der Waals surface area contributed by atoms with E-state index in [1.165, 1.54) is 45.9 Å². The first-order valence-electron chi connectivity index (χ1n) is 11.2. The summed E-state index contributed by atoms with van der Waals surface area (Å²) in [6.45, 7) is 2.76. The summed E-state index contributed by atoms with van der Waals surface area (Å²) in [5.74, 6) is -0.252. The zero-order chi connectivity index (χ0) is 21.4. The molecule has 31 heavy (non-hydrogen) atoms. The zero-order valence-corrected chi connectivity index (χ0v) is 18.6. The fourth-order valence-corrected chi connectivity index (χ4v) is 6.57. The van der Waals surface area contributed by atoms with Crippen LogP contribution in [0.2, 0.25) is 0 Å². The van der Waals surface area contributed by atoms with Gasteiger partial charge in [0.05, 0.1) is 6.04 Å². The second-order valence-corrected chi connectivity index (χ2v) is 9.53. The summed E-state index contributed by atoms with van der Waals surface area (Å²) in [6.07, 6.45) is 6.52. The van der Waals surface area contributed by atoms with Crippen molar-refractivity contribution in [3.63, 3.8) is 0 Å². The average Bonchev–Trinajstić information content (AvgIpc) is 3.18. The molecular formula is C26H27FN2OS. The maximum absolute atomic E-state index is 13.7. The molecule has 0 radical (unpaired) electrons. The maximum Gasteiger partial charge on any atom is 0.322 e. The van der Waals surface area contributed by atoms with Gasteiger partial charge in [0.1, 0.15) is 5.82 Å². The van der Waals surface area contributed by atoms with Gasteiger partial charge in [-0.2, -0.15) is 0 Å². The number of para-hydroxylation sites is 1. The third-order valence-corrected chi connectivity index (χ3v) is 7.95. The molecule has 2 heterocycles. The third-order valence-electron chi connectivity index (χ3n) is 6.56. The van der Waals surface area contributed by atoms with Gasteiger partial charge in [0.25, 0.3) is 0 Å². The van der Waals surface area contributed by atoms with Crippen LogP contribution in [0.15, 0.2) is 48.5 Å². The van der Waals surface area contributed by atoms with E-state index in [2.05, 4.69) is 18.3 Å². The van der Waals surface area contributed by atoms with Gasteiger partial charge in [0.15, 0.2) is 0 Å². The Kier molecular flexibility index (Phi) is 5.53. The number of aryl methyl sites for hydroxylation is 2. The van der Waals surface area contributed by atoms with E-state index in [4.69, 9.17) is 0 Å². The minimum absolute atomic E-state index is 0.0905. The Labute approximate surface area is 186 Å². The standard InChI is InChI=1S/C26H27FN2OS/c1-2-17-7-3-5-9-22(17)28-26(30)29-16-15-21-20-8-4-6-10-23(20)31-25(21)24(29)18-11-13-19(27)14-12-18/h3,5,7,9,11-14,24H,2,4,6,8,10,15-16H2,1H3,(H,28,30)/t24-/m0/s1. The summed E-state index contributed by atoms with van der Waals surface area (Å²) in [5.41, 5.74) is 5.92. The molecule has 5 rings (SSSR count). The first-order valence-corrected chi connectivity index (χ1v) is 12.0. The Morgan fingerprint density at radius 3 is 2.65 bits per heavy atom. The number of anilines is 1. The van der Waals surface area contributed by atoms with Crippen molar-refractivity contribution in [2.75, 3.05) is 11.9 Å². The Bertz CT molecular complexity index is 1110. The summed E-state index contributed by atoms with van der Waals surface area (Å²) in [5, 5.41) is 3.15. The molecule has 160 valence electrons. The van der Waals surface area contributed by atoms with Crippen LogP contribution in [0.25, 0.3) is 0 Å². The van der Waals surface area contributed by atoms with Crippen molar-refractivity contribution in [1.82, 2.24) is 4.90 Å². The summed E-state index contributed by atoms with van der Waals surface area (Å²) in [6, 6.07) is 14.4. The quantitative estimate of drug-likeness (QED) is 0.501. The highest BCUT2D eigenvalue weighted by atomic mass is 32.1. The third kappa shape index (κ3) is 3.76. The molecule has 1 aromatic heterocycles. The minimum Gasteiger partial charge on any atom is -0.312 e. The van der Waals surface area contributed by atoms with Crippen molar-refractivity contribution in [2.24, 2.45) is 0 Å². The predicted molar refractivity (Wildman–Crippen MR) is 124 cm³/mol. The van der Waals surface area contributed by atoms with E-state index in [1.807, 2.05) is 46.6 Å². The van der Waals surface area contributed by atoms with E-state index in [9.17, 15) is 9.18 Å². The van der Waals surface area contributed by atoms with Gasteiger partial charge in [-0.3, -0.25) is 0 Å². The monoisotopic (exact) mass is 434 g/mol. The second-order valence-electron chi connectivity index (χ2n) is 8.39. The SMILES string of the molecule is CCc1ccccc1NC(=O)N1CCc2c(sc3c2CCCC3)[C@@H]1c1ccc(F)cc1. The van der Waals surface area contributed by atoms with Gasteiger partial charge in [0.2, 0.25) is 0 Å². The number of benzene rings is 2. The van der Waals surface area contributed by atoms with Gasteiger partial charge in [-0.25, -0.2) is 9.18 Å². The van der Waals surface area contributed by atoms with Crippen molar-refractivity contribution in [3.8, 4) is 0 Å². The number of fused-ring (bicyclic) bond motifs is 3. The second kappa shape index (κ2) is 8.46. The maximum atomic E-state index is 13.7. The normalized spacial score (nSPS) is 17.7. The fraction of sp³-hybridized carbons (Fsp3) is 0.346. The van der Waals surface area contributed by atoms with Crippen molar-refractivity contribution in [2.45, 2.75) is 51.5 Å². The van der Waals surface area contributed by atoms with Gasteiger partial charge in [-0.15, -0.1) is 11.3 Å². The van der Waals surface area contributed by atoms with Crippen molar-refractivity contribution in [1.29, 1.82) is 0 Å². The average molecular weight is 435 g/mol. The molecule has 2 aliphatic rings. The molecule has 0 fully saturated rings. The van der Waals surface area contributed by atoms with Crippen LogP contribution in [0.4, 0.5) is 14.9 Å². The van der Waals surface area contributed by atoms with E-state index in [-0.39, 0.29) is 17.9 Å². The molecule has 2 aromatic carbocycles. The Balaban J connectivity index is 1.54. The molecule has 1 aliphatic heterocycles. The van der Waals surface area contributed by atoms with Crippen LogP contribution in [0.5, 0.6) is 0 Å². The topological polar surface area (TPSA) is 32.3 Å². The van der Waals surface area contributed by atoms with E-state index in [0.717, 1.165) is 42.5 Å². The zero-order valence-electron chi connectivity index (χ0n) is 17.8. The molecule has 3 nitrogen and oxygen atoms in total. The Hall–Kier alpha value is -2.66. The molecule has 1 aliphatic carbocycles. The van der Waals surface area contributed by atoms with E-state index in [0.29, 0.717) is 6.54 Å². The molecule has 3 aromatic rings. The molecule has 0 saturated heterocycles. The minimum atomic E-state index is -0.252. The Morgan fingerprint density at radius 2 is 1.84 bits per heavy atom. The van der Waals surface area contributed by atoms with E-state index >= 15 is 0 Å². The number of rotatable bonds is 3. The largest absolute Gasteiger partial charge is 0.322 e. The van der Waals surface area contributed by atoms with E-state index in [1.54, 1.807) is 0 Å². The highest BCUT2D eigenvalue weighted by Crippen LogP contribution is 2.45. The number of carbonyl (C=O) groups excluding carboxylic acids is 1. The smallest absolute Gasteiger partial charge is 0.312 e. The van der Waals surface area contributed by atoms with Crippen LogP contribution in [-0.4, -0.2) is 17.5 Å². The molecule has 2 amide bonds. The number of amides is 2. The molecule has 1 N–H and O–H groups in total. The summed E-state index contributed by atoms with van der Waals surface area (Å²) < 4.78 is 13.7. The summed E-state index contributed by atoms with van der Waals surface area (Å²) >= 11 is 1.86. The van der Waals surface area contributed by atoms with Gasteiger partial charge < -0.3 is 10.2 Å². The predicted octanol–water partition coefficient (Wildman–Crippen LogP) is 6.51. The van der Waals surface area contributed by atoms with Gasteiger partial charge in [0, 0.05) is 22.0 Å². The van der Waals surface area contributed by atoms with Crippen molar-refractivity contribution < 1.29 is 9.18 Å². The molecule has 0 spiro atoms. The van der Waals surface area contributed by atoms with Gasteiger partial charge in [-0.05, 0) is 79.0 Å². The summed E-state index contributed by atoms with van der Waals surface area (Å²) in [4.78, 5) is 18.2. The van der Waals surface area contributed by atoms with Crippen LogP contribution in [0, 0.1) is 5.82 Å². The summed E-state index contributed by atoms with van der Waals surface area (Å²) in [7, 11) is 0. The first kappa shape index (κ1) is 20.3. The highest BCUT2D eigenvalue weighted by Gasteiger charge is 2.36. The van der Waals surface area contributed by atoms with Crippen molar-refractivity contribution >= 4 is 23.1 Å². The number of thiophene rings is 1. The lowest BCUT2D eigenvalue weighted by Crippen LogP contribution is -2.42. The number of carbonyl (C=O) groups is 1. The molecule has 0 unspecified atom stereocenters. The number of nitrogens with one attached hydrogen (secondary N) is 1. The van der Waals surface area contributed by atoms with Gasteiger partial charge >= 0.3 is 6.03 Å². The van der Waals surface area contributed by atoms with Crippen LogP contribution < -0.4 is 5.32 Å². The molecule has 0 saturated carbocycles. The number of halogens is 1. The van der Waals surface area contributed by atoms with Gasteiger partial charge in [-0.1, -0.05) is 37.3 Å². The van der Waals surface area contributed by atoms with Crippen LogP contribution >= 0.6 is 11.3 Å². The molecule has 1 atom stereocenters. The lowest BCUT2D eigenvalue weighted by atomic mass is 9.88. The molecule has 0 bridgehead atoms. The van der Waals surface area contributed by atoms with Crippen LogP contribution in [0.1, 0.15) is 57.8 Å². The lowest BCUT2D eigenvalue weighted by Gasteiger charge is -2.36. The Morgan fingerprint density at radius 1 is 1.06 bits per heavy atom. The first-order chi connectivity index (χ1) is 15.2. The number of hydrogen-bond donors (Lipinski definition) is 1. The lowest BCUT2D eigenvalue weighted by molar-refractivity contribution is 0.195. The fourth-order valence-electron chi connectivity index (χ4n) is 4.98. The number of hydrogen-bond acceptors (Lipinski definition) is 2. The highest BCUT2D eigenvalue weighted by molar-refractivity contribution is 7.12. The molecular weight excluding hydrogens is 407 g/mol. The van der Waals surface area contributed by atoms with Crippen molar-refractivity contribution in [3.05, 3.63) is 86.4 Å². The number of urea groups is 1. The number of nitrogens with zero attached hydrogens (tertiary/aromatic N) is 1. The van der Waals surface area contributed by atoms with E-state index < -0.39 is 0 Å². The van der Waals surface area contributed by atoms with Crippen LogP contribution in [0.3, 0.4) is 0 Å².